The van der Waals surface area contributed by atoms with Gasteiger partial charge >= 0.3 is 12.1 Å². The van der Waals surface area contributed by atoms with Gasteiger partial charge in [0.2, 0.25) is 5.90 Å². The summed E-state index contributed by atoms with van der Waals surface area (Å²) in [5, 5.41) is 7.49. The third kappa shape index (κ3) is 5.02. The van der Waals surface area contributed by atoms with Gasteiger partial charge < -0.3 is 14.2 Å². The summed E-state index contributed by atoms with van der Waals surface area (Å²) in [6, 6.07) is 13.9. The molecular formula is C26H32N2O5. The van der Waals surface area contributed by atoms with Crippen LogP contribution in [0.5, 0.6) is 0 Å². The van der Waals surface area contributed by atoms with Crippen molar-refractivity contribution in [3.63, 3.8) is 0 Å². The lowest BCUT2D eigenvalue weighted by molar-refractivity contribution is -0.154. The van der Waals surface area contributed by atoms with Crippen LogP contribution in [0.25, 0.3) is 10.8 Å². The Morgan fingerprint density at radius 3 is 2.18 bits per heavy atom. The Morgan fingerprint density at radius 2 is 1.58 bits per heavy atom. The smallest absolute Gasteiger partial charge is 0.435 e. The zero-order valence-corrected chi connectivity index (χ0v) is 20.1. The molecule has 0 radical (unpaired) electrons. The van der Waals surface area contributed by atoms with Crippen molar-refractivity contribution in [2.45, 2.75) is 66.3 Å². The average Bonchev–Trinajstić information content (AvgIpc) is 2.99. The van der Waals surface area contributed by atoms with Gasteiger partial charge in [-0.15, -0.1) is 5.10 Å². The van der Waals surface area contributed by atoms with E-state index in [1.807, 2.05) is 56.3 Å². The predicted octanol–water partition coefficient (Wildman–Crippen LogP) is 5.43. The number of esters is 1. The fourth-order valence-corrected chi connectivity index (χ4v) is 3.72. The van der Waals surface area contributed by atoms with Crippen LogP contribution < -0.4 is 0 Å². The Morgan fingerprint density at radius 1 is 0.939 bits per heavy atom. The van der Waals surface area contributed by atoms with E-state index in [-0.39, 0.29) is 36.3 Å². The molecule has 0 fully saturated rings. The second-order valence-corrected chi connectivity index (χ2v) is 8.98. The quantitative estimate of drug-likeness (QED) is 0.546. The van der Waals surface area contributed by atoms with Gasteiger partial charge in [0.25, 0.3) is 0 Å². The van der Waals surface area contributed by atoms with Crippen LogP contribution in [0.4, 0.5) is 4.79 Å². The van der Waals surface area contributed by atoms with Crippen LogP contribution in [0.15, 0.2) is 59.8 Å². The Bertz CT molecular complexity index is 1090. The molecule has 1 atom stereocenters. The second-order valence-electron chi connectivity index (χ2n) is 8.98. The van der Waals surface area contributed by atoms with Crippen molar-refractivity contribution in [1.29, 1.82) is 0 Å². The molecule has 7 heteroatoms. The minimum Gasteiger partial charge on any atom is -0.476 e. The van der Waals surface area contributed by atoms with Crippen LogP contribution in [0.3, 0.4) is 0 Å². The summed E-state index contributed by atoms with van der Waals surface area (Å²) in [6.07, 6.45) is -1.60. The highest BCUT2D eigenvalue weighted by Crippen LogP contribution is 2.43. The second kappa shape index (κ2) is 9.65. The number of benzene rings is 2. The van der Waals surface area contributed by atoms with Gasteiger partial charge in [-0.2, -0.15) is 5.01 Å². The molecule has 0 aliphatic carbocycles. The monoisotopic (exact) mass is 452 g/mol. The van der Waals surface area contributed by atoms with Crippen molar-refractivity contribution in [2.24, 2.45) is 10.5 Å². The van der Waals surface area contributed by atoms with Gasteiger partial charge in [0.15, 0.2) is 5.41 Å². The zero-order chi connectivity index (χ0) is 24.3. The summed E-state index contributed by atoms with van der Waals surface area (Å²) in [5.41, 5.74) is -0.509. The van der Waals surface area contributed by atoms with Gasteiger partial charge in [0.05, 0.1) is 24.0 Å². The van der Waals surface area contributed by atoms with E-state index in [0.29, 0.717) is 0 Å². The van der Waals surface area contributed by atoms with Crippen LogP contribution in [0.1, 0.15) is 47.1 Å². The van der Waals surface area contributed by atoms with Crippen molar-refractivity contribution in [3.8, 4) is 0 Å². The summed E-state index contributed by atoms with van der Waals surface area (Å²) in [7, 11) is 0. The number of hydrazone groups is 1. The maximum atomic E-state index is 13.6. The lowest BCUT2D eigenvalue weighted by atomic mass is 9.78. The van der Waals surface area contributed by atoms with E-state index in [0.717, 1.165) is 21.3 Å². The van der Waals surface area contributed by atoms with Gasteiger partial charge in [0.1, 0.15) is 0 Å². The van der Waals surface area contributed by atoms with Crippen molar-refractivity contribution in [3.05, 3.63) is 60.3 Å². The van der Waals surface area contributed by atoms with Crippen LogP contribution >= 0.6 is 0 Å². The first-order valence-corrected chi connectivity index (χ1v) is 11.2. The molecule has 0 saturated heterocycles. The van der Waals surface area contributed by atoms with E-state index in [4.69, 9.17) is 14.2 Å². The first-order chi connectivity index (χ1) is 15.5. The largest absolute Gasteiger partial charge is 0.476 e. The number of fused-ring (bicyclic) bond motifs is 1. The van der Waals surface area contributed by atoms with E-state index in [1.54, 1.807) is 27.7 Å². The lowest BCUT2D eigenvalue weighted by Gasteiger charge is -2.31. The number of hydrogen-bond donors (Lipinski definition) is 0. The number of carbonyl (C=O) groups is 2. The Hall–Kier alpha value is -3.35. The van der Waals surface area contributed by atoms with Crippen LogP contribution in [0, 0.1) is 5.41 Å². The van der Waals surface area contributed by atoms with Gasteiger partial charge in [-0.05, 0) is 57.9 Å². The first-order valence-electron chi connectivity index (χ1n) is 11.2. The van der Waals surface area contributed by atoms with Crippen molar-refractivity contribution < 1.29 is 23.8 Å². The fourth-order valence-electron chi connectivity index (χ4n) is 3.72. The van der Waals surface area contributed by atoms with Crippen molar-refractivity contribution in [1.82, 2.24) is 5.01 Å². The molecule has 0 spiro atoms. The van der Waals surface area contributed by atoms with Gasteiger partial charge in [-0.25, -0.2) is 4.79 Å². The highest BCUT2D eigenvalue weighted by atomic mass is 16.6. The van der Waals surface area contributed by atoms with Crippen molar-refractivity contribution >= 4 is 28.7 Å². The van der Waals surface area contributed by atoms with E-state index >= 15 is 0 Å². The molecule has 7 nitrogen and oxygen atoms in total. The molecule has 0 aromatic heterocycles. The van der Waals surface area contributed by atoms with Crippen LogP contribution in [0.2, 0.25) is 0 Å². The maximum Gasteiger partial charge on any atom is 0.435 e. The number of nitrogens with zero attached hydrogens (tertiary/aromatic N) is 2. The summed E-state index contributed by atoms with van der Waals surface area (Å²) >= 11 is 0. The van der Waals surface area contributed by atoms with Gasteiger partial charge in [-0.3, -0.25) is 4.79 Å². The number of ether oxygens (including phenoxy) is 3. The highest BCUT2D eigenvalue weighted by Gasteiger charge is 2.58. The zero-order valence-electron chi connectivity index (χ0n) is 20.1. The number of hydrogen-bond acceptors (Lipinski definition) is 6. The first kappa shape index (κ1) is 24.3. The molecule has 0 N–H and O–H groups in total. The number of rotatable bonds is 6. The molecule has 1 heterocycles. The third-order valence-corrected chi connectivity index (χ3v) is 5.14. The number of carbonyl (C=O) groups excluding carboxylic acids is 2. The molecular weight excluding hydrogens is 420 g/mol. The van der Waals surface area contributed by atoms with Gasteiger partial charge in [0, 0.05) is 6.42 Å². The molecule has 1 unspecified atom stereocenters. The molecule has 2 aromatic rings. The minimum atomic E-state index is -1.51. The average molecular weight is 453 g/mol. The Balaban J connectivity index is 2.12. The fraction of sp³-hybridized carbons (Fsp3) is 0.423. The van der Waals surface area contributed by atoms with Gasteiger partial charge in [-0.1, -0.05) is 49.0 Å². The van der Waals surface area contributed by atoms with Crippen molar-refractivity contribution in [2.75, 3.05) is 0 Å². The van der Waals surface area contributed by atoms with Crippen LogP contribution in [-0.2, 0) is 25.4 Å². The summed E-state index contributed by atoms with van der Waals surface area (Å²) in [4.78, 5) is 26.4. The minimum absolute atomic E-state index is 0.0713. The van der Waals surface area contributed by atoms with E-state index in [1.165, 1.54) is 0 Å². The Labute approximate surface area is 195 Å². The van der Waals surface area contributed by atoms with Crippen LogP contribution in [-0.4, -0.2) is 41.3 Å². The van der Waals surface area contributed by atoms with E-state index < -0.39 is 17.5 Å². The van der Waals surface area contributed by atoms with E-state index in [2.05, 4.69) is 11.7 Å². The third-order valence-electron chi connectivity index (χ3n) is 5.14. The highest BCUT2D eigenvalue weighted by molar-refractivity contribution is 6.09. The lowest BCUT2D eigenvalue weighted by Crippen LogP contribution is -2.46. The maximum absolute atomic E-state index is 13.6. The Kier molecular flexibility index (Phi) is 7.10. The molecule has 176 valence electrons. The normalized spacial score (nSPS) is 18.3. The summed E-state index contributed by atoms with van der Waals surface area (Å²) < 4.78 is 17.0. The summed E-state index contributed by atoms with van der Waals surface area (Å²) in [6.45, 7) is 14.8. The summed E-state index contributed by atoms with van der Waals surface area (Å²) in [5.74, 6) is -0.503. The number of amides is 1. The topological polar surface area (TPSA) is 77.4 Å². The van der Waals surface area contributed by atoms with E-state index in [9.17, 15) is 9.59 Å². The molecule has 2 aromatic carbocycles. The SMILES string of the molecule is C=C1N(C(=O)OC(C)C)N=C(OC(C)C)C1(Cc1ccc2ccccc2c1)C(=O)OC(C)C. The molecule has 1 amide bonds. The molecule has 0 saturated carbocycles. The molecule has 0 bridgehead atoms. The standard InChI is InChI=1S/C26H32N2O5/c1-16(2)31-23-26(24(29)32-17(3)4,19(7)28(27-23)25(30)33-18(5)6)15-20-12-13-21-10-8-9-11-22(21)14-20/h8-14,16-18H,7,15H2,1-6H3. The molecule has 33 heavy (non-hydrogen) atoms. The molecule has 3 rings (SSSR count). The predicted molar refractivity (Wildman–Crippen MR) is 128 cm³/mol. The molecule has 1 aliphatic heterocycles. The molecule has 1 aliphatic rings.